The molecular formula is C13H18O6. The van der Waals surface area contributed by atoms with E-state index >= 15 is 0 Å². The lowest BCUT2D eigenvalue weighted by molar-refractivity contribution is -0.161. The van der Waals surface area contributed by atoms with Gasteiger partial charge in [0.1, 0.15) is 25.4 Å². The smallest absolute Gasteiger partial charge is 0.330 e. The maximum Gasteiger partial charge on any atom is 0.330 e. The van der Waals surface area contributed by atoms with Crippen LogP contribution in [0.5, 0.6) is 0 Å². The predicted octanol–water partition coefficient (Wildman–Crippen LogP) is 0.965. The molecule has 1 fully saturated rings. The number of esters is 2. The van der Waals surface area contributed by atoms with Crippen molar-refractivity contribution in [2.45, 2.75) is 31.8 Å². The van der Waals surface area contributed by atoms with Crippen molar-refractivity contribution in [2.24, 2.45) is 0 Å². The van der Waals surface area contributed by atoms with Crippen LogP contribution in [0.25, 0.3) is 0 Å². The van der Waals surface area contributed by atoms with Gasteiger partial charge < -0.3 is 18.9 Å². The molecule has 0 unspecified atom stereocenters. The van der Waals surface area contributed by atoms with E-state index in [4.69, 9.17) is 18.9 Å². The van der Waals surface area contributed by atoms with Crippen LogP contribution in [-0.4, -0.2) is 43.1 Å². The minimum absolute atomic E-state index is 0.00455. The molecule has 1 saturated heterocycles. The summed E-state index contributed by atoms with van der Waals surface area (Å²) in [6, 6.07) is 0. The second-order valence-corrected chi connectivity index (χ2v) is 4.38. The van der Waals surface area contributed by atoms with Crippen LogP contribution in [-0.2, 0) is 28.5 Å². The molecule has 1 aliphatic heterocycles. The van der Waals surface area contributed by atoms with Crippen molar-refractivity contribution >= 4 is 11.9 Å². The van der Waals surface area contributed by atoms with Gasteiger partial charge in [0.2, 0.25) is 0 Å². The molecular weight excluding hydrogens is 252 g/mol. The van der Waals surface area contributed by atoms with Gasteiger partial charge in [-0.05, 0) is 13.8 Å². The minimum Gasteiger partial charge on any atom is -0.460 e. The van der Waals surface area contributed by atoms with Crippen LogP contribution in [0, 0.1) is 0 Å². The monoisotopic (exact) mass is 270 g/mol. The molecule has 1 aliphatic rings. The third-order valence-corrected chi connectivity index (χ3v) is 2.40. The molecule has 106 valence electrons. The van der Waals surface area contributed by atoms with Crippen LogP contribution in [0.1, 0.15) is 13.8 Å². The Kier molecular flexibility index (Phi) is 5.26. The van der Waals surface area contributed by atoms with Gasteiger partial charge in [-0.2, -0.15) is 0 Å². The van der Waals surface area contributed by atoms with E-state index in [2.05, 4.69) is 13.2 Å². The van der Waals surface area contributed by atoms with Crippen LogP contribution >= 0.6 is 0 Å². The molecule has 0 bridgehead atoms. The van der Waals surface area contributed by atoms with Gasteiger partial charge in [0.25, 0.3) is 0 Å². The zero-order valence-corrected chi connectivity index (χ0v) is 11.1. The number of carbonyl (C=O) groups is 2. The normalized spacial score (nSPS) is 24.5. The lowest BCUT2D eigenvalue weighted by atomic mass is 10.2. The van der Waals surface area contributed by atoms with Crippen LogP contribution in [0.2, 0.25) is 0 Å². The summed E-state index contributed by atoms with van der Waals surface area (Å²) in [5.74, 6) is -1.92. The van der Waals surface area contributed by atoms with Gasteiger partial charge in [-0.15, -0.1) is 0 Å². The Morgan fingerprint density at radius 3 is 1.74 bits per heavy atom. The molecule has 6 heteroatoms. The van der Waals surface area contributed by atoms with E-state index in [1.54, 1.807) is 13.8 Å². The molecule has 2 atom stereocenters. The van der Waals surface area contributed by atoms with E-state index in [1.165, 1.54) is 0 Å². The summed E-state index contributed by atoms with van der Waals surface area (Å²) in [5, 5.41) is 0. The molecule has 0 aliphatic carbocycles. The third-order valence-electron chi connectivity index (χ3n) is 2.40. The fourth-order valence-electron chi connectivity index (χ4n) is 1.64. The molecule has 19 heavy (non-hydrogen) atoms. The van der Waals surface area contributed by atoms with Crippen LogP contribution < -0.4 is 0 Å². The van der Waals surface area contributed by atoms with Crippen LogP contribution in [0.15, 0.2) is 25.3 Å². The Balaban J connectivity index is 2.54. The molecule has 0 amide bonds. The van der Waals surface area contributed by atoms with Gasteiger partial charge in [-0.3, -0.25) is 0 Å². The zero-order valence-electron chi connectivity index (χ0n) is 11.1. The zero-order chi connectivity index (χ0) is 14.5. The van der Waals surface area contributed by atoms with Crippen molar-refractivity contribution in [2.75, 3.05) is 13.2 Å². The average Bonchev–Trinajstić information content (AvgIpc) is 2.67. The Hall–Kier alpha value is -1.66. The Morgan fingerprint density at radius 2 is 1.42 bits per heavy atom. The first-order valence-electron chi connectivity index (χ1n) is 5.82. The molecule has 1 rings (SSSR count). The Labute approximate surface area is 112 Å². The molecule has 0 N–H and O–H groups in total. The third kappa shape index (κ3) is 4.84. The molecule has 6 nitrogen and oxygen atoms in total. The topological polar surface area (TPSA) is 71.1 Å². The molecule has 1 heterocycles. The fourth-order valence-corrected chi connectivity index (χ4v) is 1.64. The minimum atomic E-state index is -0.823. The van der Waals surface area contributed by atoms with E-state index in [9.17, 15) is 9.59 Å². The van der Waals surface area contributed by atoms with E-state index in [0.29, 0.717) is 0 Å². The largest absolute Gasteiger partial charge is 0.460 e. The Bertz CT molecular complexity index is 339. The summed E-state index contributed by atoms with van der Waals surface area (Å²) in [4.78, 5) is 22.0. The highest BCUT2D eigenvalue weighted by molar-refractivity contribution is 5.81. The van der Waals surface area contributed by atoms with Crippen molar-refractivity contribution in [3.63, 3.8) is 0 Å². The highest BCUT2D eigenvalue weighted by Crippen LogP contribution is 2.28. The van der Waals surface area contributed by atoms with E-state index in [1.807, 2.05) is 0 Å². The van der Waals surface area contributed by atoms with Crippen molar-refractivity contribution in [3.05, 3.63) is 25.3 Å². The summed E-state index contributed by atoms with van der Waals surface area (Å²) < 4.78 is 21.0. The quantitative estimate of drug-likeness (QED) is 0.529. The van der Waals surface area contributed by atoms with Crippen molar-refractivity contribution in [1.82, 2.24) is 0 Å². The first-order chi connectivity index (χ1) is 8.88. The lowest BCUT2D eigenvalue weighted by Crippen LogP contribution is -2.33. The second kappa shape index (κ2) is 6.49. The number of hydrogen-bond acceptors (Lipinski definition) is 6. The molecule has 0 aromatic carbocycles. The fraction of sp³-hybridized carbons (Fsp3) is 0.538. The maximum atomic E-state index is 11.0. The number of carbonyl (C=O) groups excluding carboxylic acids is 2. The van der Waals surface area contributed by atoms with Crippen molar-refractivity contribution < 1.29 is 28.5 Å². The van der Waals surface area contributed by atoms with Gasteiger partial charge in [-0.1, -0.05) is 13.2 Å². The van der Waals surface area contributed by atoms with Crippen molar-refractivity contribution in [1.29, 1.82) is 0 Å². The highest BCUT2D eigenvalue weighted by Gasteiger charge is 2.42. The molecule has 0 radical (unpaired) electrons. The van der Waals surface area contributed by atoms with Crippen molar-refractivity contribution in [3.8, 4) is 0 Å². The van der Waals surface area contributed by atoms with Crippen LogP contribution in [0.4, 0.5) is 0 Å². The van der Waals surface area contributed by atoms with Gasteiger partial charge >= 0.3 is 11.9 Å². The molecule has 0 aromatic heterocycles. The maximum absolute atomic E-state index is 11.0. The first-order valence-corrected chi connectivity index (χ1v) is 5.82. The van der Waals surface area contributed by atoms with Crippen LogP contribution in [0.3, 0.4) is 0 Å². The standard InChI is InChI=1S/C13H18O6/c1-5-11(14)16-7-9-10(8-17-12(15)6-2)19-13(3,4)18-9/h5-6,9-10H,1-2,7-8H2,3-4H3/t9-,10-/m0/s1. The number of ether oxygens (including phenoxy) is 4. The van der Waals surface area contributed by atoms with E-state index in [0.717, 1.165) is 12.2 Å². The lowest BCUT2D eigenvalue weighted by Gasteiger charge is -2.16. The van der Waals surface area contributed by atoms with Gasteiger partial charge in [0.15, 0.2) is 5.79 Å². The molecule has 0 spiro atoms. The first kappa shape index (κ1) is 15.4. The summed E-state index contributed by atoms with van der Waals surface area (Å²) in [7, 11) is 0. The van der Waals surface area contributed by atoms with E-state index in [-0.39, 0.29) is 13.2 Å². The molecule has 0 saturated carbocycles. The number of rotatable bonds is 6. The highest BCUT2D eigenvalue weighted by atomic mass is 16.8. The van der Waals surface area contributed by atoms with Gasteiger partial charge in [0.05, 0.1) is 0 Å². The Morgan fingerprint density at radius 1 is 1.05 bits per heavy atom. The summed E-state index contributed by atoms with van der Waals surface area (Å²) in [6.45, 7) is 10.1. The SMILES string of the molecule is C=CC(=O)OC[C@@H]1OC(C)(C)O[C@H]1COC(=O)C=C. The van der Waals surface area contributed by atoms with E-state index < -0.39 is 29.9 Å². The average molecular weight is 270 g/mol. The van der Waals surface area contributed by atoms with Gasteiger partial charge in [-0.25, -0.2) is 9.59 Å². The molecule has 0 aromatic rings. The van der Waals surface area contributed by atoms with Gasteiger partial charge in [0, 0.05) is 12.2 Å². The number of hydrogen-bond donors (Lipinski definition) is 0. The summed E-state index contributed by atoms with van der Waals surface area (Å²) in [5.41, 5.74) is 0. The summed E-state index contributed by atoms with van der Waals surface area (Å²) >= 11 is 0. The second-order valence-electron chi connectivity index (χ2n) is 4.38. The predicted molar refractivity (Wildman–Crippen MR) is 66.1 cm³/mol. The summed E-state index contributed by atoms with van der Waals surface area (Å²) in [6.07, 6.45) is 1.12.